The fourth-order valence-electron chi connectivity index (χ4n) is 5.37. The minimum absolute atomic E-state index is 0.271. The maximum absolute atomic E-state index is 15.3. The topological polar surface area (TPSA) is 37.3 Å². The summed E-state index contributed by atoms with van der Waals surface area (Å²) in [5.74, 6) is -6.01. The lowest BCUT2D eigenvalue weighted by atomic mass is 9.77. The highest BCUT2D eigenvalue weighted by molar-refractivity contribution is 5.94. The van der Waals surface area contributed by atoms with Crippen molar-refractivity contribution >= 4 is 5.97 Å². The first kappa shape index (κ1) is 25.9. The van der Waals surface area contributed by atoms with Gasteiger partial charge in [0.2, 0.25) is 0 Å². The van der Waals surface area contributed by atoms with Crippen LogP contribution in [0.5, 0.6) is 0 Å². The second kappa shape index (κ2) is 11.3. The maximum Gasteiger partial charge on any atom is 0.338 e. The summed E-state index contributed by atoms with van der Waals surface area (Å²) < 4.78 is 56.8. The molecule has 0 heterocycles. The van der Waals surface area contributed by atoms with Crippen molar-refractivity contribution in [1.82, 2.24) is 0 Å². The zero-order valence-electron chi connectivity index (χ0n) is 20.3. The van der Waals surface area contributed by atoms with Gasteiger partial charge in [-0.1, -0.05) is 62.9 Å². The second-order valence-corrected chi connectivity index (χ2v) is 9.74. The van der Waals surface area contributed by atoms with Gasteiger partial charge in [-0.25, -0.2) is 22.4 Å². The van der Waals surface area contributed by atoms with Gasteiger partial charge in [-0.3, -0.25) is 0 Å². The minimum atomic E-state index is -1.67. The zero-order chi connectivity index (χ0) is 25.8. The van der Waals surface area contributed by atoms with E-state index in [4.69, 9.17) is 0 Å². The molecule has 1 saturated carbocycles. The third kappa shape index (κ3) is 5.48. The summed E-state index contributed by atoms with van der Waals surface area (Å²) in [7, 11) is 0. The van der Waals surface area contributed by atoms with Gasteiger partial charge in [-0.2, -0.15) is 0 Å². The van der Waals surface area contributed by atoms with Crippen molar-refractivity contribution < 1.29 is 27.5 Å². The lowest BCUT2D eigenvalue weighted by Crippen LogP contribution is -2.13. The largest absolute Gasteiger partial charge is 0.478 e. The average molecular weight is 499 g/mol. The van der Waals surface area contributed by atoms with Gasteiger partial charge in [-0.15, -0.1) is 0 Å². The average Bonchev–Trinajstić information content (AvgIpc) is 2.87. The number of carbonyl (C=O) groups is 1. The molecule has 36 heavy (non-hydrogen) atoms. The fraction of sp³-hybridized carbons (Fsp3) is 0.367. The van der Waals surface area contributed by atoms with Crippen LogP contribution in [0.25, 0.3) is 22.3 Å². The number of aromatic carboxylic acids is 1. The second-order valence-electron chi connectivity index (χ2n) is 9.74. The highest BCUT2D eigenvalue weighted by Crippen LogP contribution is 2.40. The standard InChI is InChI=1S/C30H30F4O2/c1-2-3-4-5-18-6-8-19(9-7-18)20-10-12-21(13-11-20)23-14-15-24(30(35)36)28(33)27(23)22-16-25(31)29(34)26(32)17-22/h10-19H,2-9H2,1H3,(H,35,36)/t18-,19-. The summed E-state index contributed by atoms with van der Waals surface area (Å²) in [4.78, 5) is 11.5. The number of unbranched alkanes of at least 4 members (excludes halogenated alkanes) is 2. The number of hydrogen-bond acceptors (Lipinski definition) is 1. The molecule has 0 saturated heterocycles. The molecule has 0 aliphatic heterocycles. The molecular weight excluding hydrogens is 468 g/mol. The smallest absolute Gasteiger partial charge is 0.338 e. The minimum Gasteiger partial charge on any atom is -0.478 e. The lowest BCUT2D eigenvalue weighted by Gasteiger charge is -2.29. The van der Waals surface area contributed by atoms with E-state index in [1.165, 1.54) is 50.2 Å². The van der Waals surface area contributed by atoms with Crippen LogP contribution in [0.4, 0.5) is 17.6 Å². The van der Waals surface area contributed by atoms with Crippen LogP contribution in [0.2, 0.25) is 0 Å². The van der Waals surface area contributed by atoms with E-state index in [1.807, 2.05) is 24.3 Å². The van der Waals surface area contributed by atoms with Crippen molar-refractivity contribution in [2.24, 2.45) is 5.92 Å². The Morgan fingerprint density at radius 2 is 1.47 bits per heavy atom. The molecule has 1 aliphatic carbocycles. The van der Waals surface area contributed by atoms with Crippen LogP contribution in [0.1, 0.15) is 80.1 Å². The third-order valence-electron chi connectivity index (χ3n) is 7.40. The highest BCUT2D eigenvalue weighted by atomic mass is 19.2. The first-order chi connectivity index (χ1) is 17.3. The molecule has 4 rings (SSSR count). The molecule has 0 amide bonds. The van der Waals surface area contributed by atoms with E-state index < -0.39 is 34.8 Å². The van der Waals surface area contributed by atoms with E-state index >= 15 is 4.39 Å². The summed E-state index contributed by atoms with van der Waals surface area (Å²) in [6.45, 7) is 2.22. The Labute approximate surface area is 209 Å². The normalized spacial score (nSPS) is 17.8. The van der Waals surface area contributed by atoms with Gasteiger partial charge >= 0.3 is 5.97 Å². The number of benzene rings is 3. The SMILES string of the molecule is CCCCC[C@H]1CC[C@H](c2ccc(-c3ccc(C(=O)O)c(F)c3-c3cc(F)c(F)c(F)c3)cc2)CC1. The number of halogens is 4. The molecule has 1 fully saturated rings. The van der Waals surface area contributed by atoms with Crippen LogP contribution in [-0.4, -0.2) is 11.1 Å². The summed E-state index contributed by atoms with van der Waals surface area (Å²) >= 11 is 0. The van der Waals surface area contributed by atoms with E-state index in [0.717, 1.165) is 24.8 Å². The van der Waals surface area contributed by atoms with E-state index in [-0.39, 0.29) is 16.7 Å². The van der Waals surface area contributed by atoms with E-state index in [0.29, 0.717) is 23.6 Å². The summed E-state index contributed by atoms with van der Waals surface area (Å²) in [5, 5.41) is 9.36. The fourth-order valence-corrected chi connectivity index (χ4v) is 5.37. The molecule has 0 atom stereocenters. The van der Waals surface area contributed by atoms with Crippen molar-refractivity contribution in [1.29, 1.82) is 0 Å². The van der Waals surface area contributed by atoms with Gasteiger partial charge in [0.15, 0.2) is 17.5 Å². The molecule has 0 aromatic heterocycles. The molecule has 1 aliphatic rings. The van der Waals surface area contributed by atoms with Crippen LogP contribution < -0.4 is 0 Å². The molecule has 0 radical (unpaired) electrons. The number of hydrogen-bond donors (Lipinski definition) is 1. The third-order valence-corrected chi connectivity index (χ3v) is 7.40. The monoisotopic (exact) mass is 498 g/mol. The highest BCUT2D eigenvalue weighted by Gasteiger charge is 2.24. The van der Waals surface area contributed by atoms with Crippen LogP contribution >= 0.6 is 0 Å². The summed E-state index contributed by atoms with van der Waals surface area (Å²) in [5.41, 5.74) is 0.845. The predicted octanol–water partition coefficient (Wildman–Crippen LogP) is 9.13. The van der Waals surface area contributed by atoms with E-state index in [9.17, 15) is 23.1 Å². The summed E-state index contributed by atoms with van der Waals surface area (Å²) in [6, 6.07) is 11.5. The molecule has 0 spiro atoms. The van der Waals surface area contributed by atoms with Crippen molar-refractivity contribution in [3.05, 3.63) is 82.9 Å². The van der Waals surface area contributed by atoms with Crippen LogP contribution in [-0.2, 0) is 0 Å². The van der Waals surface area contributed by atoms with Crippen LogP contribution in [0.15, 0.2) is 48.5 Å². The van der Waals surface area contributed by atoms with Crippen molar-refractivity contribution in [3.63, 3.8) is 0 Å². The molecule has 6 heteroatoms. The molecular formula is C30H30F4O2. The molecule has 0 unspecified atom stereocenters. The number of carboxylic acid groups (broad SMARTS) is 1. The molecule has 3 aromatic carbocycles. The molecule has 3 aromatic rings. The Morgan fingerprint density at radius 1 is 0.833 bits per heavy atom. The molecule has 2 nitrogen and oxygen atoms in total. The summed E-state index contributed by atoms with van der Waals surface area (Å²) in [6.07, 6.45) is 9.78. The molecule has 1 N–H and O–H groups in total. The van der Waals surface area contributed by atoms with Gasteiger partial charge in [0, 0.05) is 5.56 Å². The van der Waals surface area contributed by atoms with Gasteiger partial charge in [0.05, 0.1) is 5.56 Å². The van der Waals surface area contributed by atoms with Crippen molar-refractivity contribution in [2.75, 3.05) is 0 Å². The quantitative estimate of drug-likeness (QED) is 0.191. The Balaban J connectivity index is 1.63. The van der Waals surface area contributed by atoms with E-state index in [1.54, 1.807) is 0 Å². The van der Waals surface area contributed by atoms with Gasteiger partial charge in [-0.05, 0) is 78.0 Å². The maximum atomic E-state index is 15.3. The Hall–Kier alpha value is -3.15. The first-order valence-corrected chi connectivity index (χ1v) is 12.6. The van der Waals surface area contributed by atoms with Gasteiger partial charge < -0.3 is 5.11 Å². The zero-order valence-corrected chi connectivity index (χ0v) is 20.3. The van der Waals surface area contributed by atoms with Gasteiger partial charge in [0.1, 0.15) is 5.82 Å². The van der Waals surface area contributed by atoms with Crippen LogP contribution in [0.3, 0.4) is 0 Å². The lowest BCUT2D eigenvalue weighted by molar-refractivity contribution is 0.0692. The predicted molar refractivity (Wildman–Crippen MR) is 133 cm³/mol. The Morgan fingerprint density at radius 3 is 2.06 bits per heavy atom. The molecule has 190 valence electrons. The van der Waals surface area contributed by atoms with E-state index in [2.05, 4.69) is 6.92 Å². The number of rotatable bonds is 8. The Bertz CT molecular complexity index is 1210. The first-order valence-electron chi connectivity index (χ1n) is 12.6. The van der Waals surface area contributed by atoms with Crippen LogP contribution in [0, 0.1) is 29.2 Å². The van der Waals surface area contributed by atoms with Crippen molar-refractivity contribution in [3.8, 4) is 22.3 Å². The number of carboxylic acids is 1. The molecule has 0 bridgehead atoms. The Kier molecular flexibility index (Phi) is 8.12. The van der Waals surface area contributed by atoms with Gasteiger partial charge in [0.25, 0.3) is 0 Å². The van der Waals surface area contributed by atoms with Crippen molar-refractivity contribution in [2.45, 2.75) is 64.2 Å².